The van der Waals surface area contributed by atoms with Gasteiger partial charge in [-0.1, -0.05) is 61.4 Å². The van der Waals surface area contributed by atoms with Gasteiger partial charge in [0.25, 0.3) is 5.91 Å². The molecule has 4 nitrogen and oxygen atoms in total. The van der Waals surface area contributed by atoms with Crippen molar-refractivity contribution in [2.24, 2.45) is 0 Å². The average Bonchev–Trinajstić information content (AvgIpc) is 2.68. The van der Waals surface area contributed by atoms with Gasteiger partial charge in [-0.3, -0.25) is 9.78 Å². The van der Waals surface area contributed by atoms with Crippen molar-refractivity contribution in [1.29, 1.82) is 0 Å². The Labute approximate surface area is 176 Å². The summed E-state index contributed by atoms with van der Waals surface area (Å²) in [5, 5.41) is 7.65. The van der Waals surface area contributed by atoms with Crippen LogP contribution in [0.4, 0.5) is 11.4 Å². The van der Waals surface area contributed by atoms with Gasteiger partial charge >= 0.3 is 0 Å². The SMILES string of the molecule is C=CCNC(=O)c1cnc2c(Cl)cccc2c1Nc1ccccc1CCC.Cl. The number of para-hydroxylation sites is 2. The van der Waals surface area contributed by atoms with Crippen molar-refractivity contribution in [3.63, 3.8) is 0 Å². The zero-order chi connectivity index (χ0) is 19.2. The number of pyridine rings is 1. The highest BCUT2D eigenvalue weighted by Gasteiger charge is 2.17. The molecule has 3 rings (SSSR count). The fraction of sp³-hybridized carbons (Fsp3) is 0.182. The van der Waals surface area contributed by atoms with E-state index in [-0.39, 0.29) is 18.3 Å². The number of nitrogens with zero attached hydrogens (tertiary/aromatic N) is 1. The third-order valence-corrected chi connectivity index (χ3v) is 4.60. The Balaban J connectivity index is 0.00000280. The predicted molar refractivity (Wildman–Crippen MR) is 120 cm³/mol. The first kappa shape index (κ1) is 21.7. The second-order valence-electron chi connectivity index (χ2n) is 6.21. The molecule has 1 heterocycles. The van der Waals surface area contributed by atoms with E-state index in [1.165, 1.54) is 5.56 Å². The third-order valence-electron chi connectivity index (χ3n) is 4.30. The van der Waals surface area contributed by atoms with Crippen LogP contribution in [0.5, 0.6) is 0 Å². The summed E-state index contributed by atoms with van der Waals surface area (Å²) >= 11 is 6.32. The molecule has 0 aliphatic carbocycles. The van der Waals surface area contributed by atoms with Crippen LogP contribution in [0.3, 0.4) is 0 Å². The monoisotopic (exact) mass is 415 g/mol. The van der Waals surface area contributed by atoms with Gasteiger partial charge in [-0.25, -0.2) is 0 Å². The zero-order valence-corrected chi connectivity index (χ0v) is 17.2. The molecule has 2 N–H and O–H groups in total. The highest BCUT2D eigenvalue weighted by Crippen LogP contribution is 2.33. The Morgan fingerprint density at radius 2 is 2.00 bits per heavy atom. The first-order valence-corrected chi connectivity index (χ1v) is 9.34. The normalized spacial score (nSPS) is 10.2. The molecule has 6 heteroatoms. The smallest absolute Gasteiger partial charge is 0.255 e. The van der Waals surface area contributed by atoms with Crippen molar-refractivity contribution in [3.05, 3.63) is 77.5 Å². The molecule has 0 aliphatic rings. The first-order valence-electron chi connectivity index (χ1n) is 8.97. The number of anilines is 2. The minimum absolute atomic E-state index is 0. The summed E-state index contributed by atoms with van der Waals surface area (Å²) in [7, 11) is 0. The van der Waals surface area contributed by atoms with E-state index in [1.807, 2.05) is 30.3 Å². The van der Waals surface area contributed by atoms with Crippen molar-refractivity contribution < 1.29 is 4.79 Å². The van der Waals surface area contributed by atoms with Crippen molar-refractivity contribution in [3.8, 4) is 0 Å². The molecule has 0 fully saturated rings. The van der Waals surface area contributed by atoms with Crippen molar-refractivity contribution in [2.45, 2.75) is 19.8 Å². The maximum Gasteiger partial charge on any atom is 0.255 e. The molecule has 0 spiro atoms. The molecule has 0 bridgehead atoms. The number of aromatic nitrogens is 1. The summed E-state index contributed by atoms with van der Waals surface area (Å²) < 4.78 is 0. The lowest BCUT2D eigenvalue weighted by atomic mass is 10.1. The molecule has 0 radical (unpaired) electrons. The lowest BCUT2D eigenvalue weighted by Crippen LogP contribution is -2.24. The lowest BCUT2D eigenvalue weighted by Gasteiger charge is -2.17. The number of nitrogens with one attached hydrogen (secondary N) is 2. The topological polar surface area (TPSA) is 54.0 Å². The van der Waals surface area contributed by atoms with Gasteiger partial charge < -0.3 is 10.6 Å². The fourth-order valence-corrected chi connectivity index (χ4v) is 3.24. The molecule has 0 saturated carbocycles. The average molecular weight is 416 g/mol. The van der Waals surface area contributed by atoms with Crippen LogP contribution in [0.15, 0.2) is 61.3 Å². The Hall–Kier alpha value is -2.56. The highest BCUT2D eigenvalue weighted by atomic mass is 35.5. The molecule has 0 saturated heterocycles. The van der Waals surface area contributed by atoms with Crippen LogP contribution >= 0.6 is 24.0 Å². The van der Waals surface area contributed by atoms with E-state index in [0.29, 0.717) is 28.3 Å². The van der Waals surface area contributed by atoms with Crippen LogP contribution in [-0.4, -0.2) is 17.4 Å². The van der Waals surface area contributed by atoms with Gasteiger partial charge in [-0.15, -0.1) is 19.0 Å². The molecular formula is C22H23Cl2N3O. The van der Waals surface area contributed by atoms with E-state index >= 15 is 0 Å². The van der Waals surface area contributed by atoms with E-state index in [9.17, 15) is 4.79 Å². The molecule has 146 valence electrons. The predicted octanol–water partition coefficient (Wildman–Crippen LogP) is 5.92. The Bertz CT molecular complexity index is 989. The molecular weight excluding hydrogens is 393 g/mol. The number of benzene rings is 2. The van der Waals surface area contributed by atoms with Gasteiger partial charge in [-0.05, 0) is 24.1 Å². The number of carbonyl (C=O) groups excluding carboxylic acids is 1. The van der Waals surface area contributed by atoms with Crippen LogP contribution < -0.4 is 10.6 Å². The number of carbonyl (C=O) groups is 1. The quantitative estimate of drug-likeness (QED) is 0.470. The van der Waals surface area contributed by atoms with E-state index in [4.69, 9.17) is 11.6 Å². The van der Waals surface area contributed by atoms with Gasteiger partial charge in [0.15, 0.2) is 0 Å². The van der Waals surface area contributed by atoms with Crippen LogP contribution in [0.2, 0.25) is 5.02 Å². The van der Waals surface area contributed by atoms with Gasteiger partial charge in [0.1, 0.15) is 0 Å². The van der Waals surface area contributed by atoms with Gasteiger partial charge in [0.05, 0.1) is 21.8 Å². The molecule has 1 amide bonds. The summed E-state index contributed by atoms with van der Waals surface area (Å²) in [6, 6.07) is 13.7. The van der Waals surface area contributed by atoms with E-state index in [2.05, 4.69) is 35.2 Å². The summed E-state index contributed by atoms with van der Waals surface area (Å²) in [6.45, 7) is 6.18. The maximum atomic E-state index is 12.7. The fourth-order valence-electron chi connectivity index (χ4n) is 3.02. The molecule has 3 aromatic rings. The number of halogens is 2. The lowest BCUT2D eigenvalue weighted by molar-refractivity contribution is 0.0958. The number of hydrogen-bond donors (Lipinski definition) is 2. The van der Waals surface area contributed by atoms with E-state index < -0.39 is 0 Å². The second kappa shape index (κ2) is 10.1. The molecule has 0 aliphatic heterocycles. The number of amides is 1. The molecule has 0 unspecified atom stereocenters. The van der Waals surface area contributed by atoms with Gasteiger partial charge in [-0.2, -0.15) is 0 Å². The van der Waals surface area contributed by atoms with Crippen LogP contribution in [-0.2, 0) is 6.42 Å². The van der Waals surface area contributed by atoms with Crippen LogP contribution in [0, 0.1) is 0 Å². The zero-order valence-electron chi connectivity index (χ0n) is 15.7. The second-order valence-corrected chi connectivity index (χ2v) is 6.62. The number of aryl methyl sites for hydroxylation is 1. The summed E-state index contributed by atoms with van der Waals surface area (Å²) in [4.78, 5) is 17.1. The number of fused-ring (bicyclic) bond motifs is 1. The first-order chi connectivity index (χ1) is 13.2. The van der Waals surface area contributed by atoms with E-state index in [1.54, 1.807) is 18.3 Å². The minimum Gasteiger partial charge on any atom is -0.354 e. The molecule has 0 atom stereocenters. The van der Waals surface area contributed by atoms with Crippen molar-refractivity contribution in [2.75, 3.05) is 11.9 Å². The standard InChI is InChI=1S/C22H22ClN3O.ClH/c1-3-8-15-9-5-6-12-19(15)26-20-16-10-7-11-18(23)21(16)25-14-17(20)22(27)24-13-4-2;/h4-7,9-12,14H,2-3,8,13H2,1H3,(H,24,27)(H,25,26);1H. The highest BCUT2D eigenvalue weighted by molar-refractivity contribution is 6.35. The summed E-state index contributed by atoms with van der Waals surface area (Å²) in [5.41, 5.74) is 4.01. The Morgan fingerprint density at radius 1 is 1.21 bits per heavy atom. The van der Waals surface area contributed by atoms with Crippen LogP contribution in [0.1, 0.15) is 29.3 Å². The third kappa shape index (κ3) is 4.64. The van der Waals surface area contributed by atoms with Gasteiger partial charge in [0, 0.05) is 23.8 Å². The van der Waals surface area contributed by atoms with Gasteiger partial charge in [0.2, 0.25) is 0 Å². The van der Waals surface area contributed by atoms with Crippen molar-refractivity contribution in [1.82, 2.24) is 10.3 Å². The van der Waals surface area contributed by atoms with E-state index in [0.717, 1.165) is 23.9 Å². The Morgan fingerprint density at radius 3 is 2.75 bits per heavy atom. The van der Waals surface area contributed by atoms with Crippen molar-refractivity contribution >= 4 is 52.2 Å². The summed E-state index contributed by atoms with van der Waals surface area (Å²) in [5.74, 6) is -0.209. The molecule has 28 heavy (non-hydrogen) atoms. The number of hydrogen-bond acceptors (Lipinski definition) is 3. The number of rotatable bonds is 7. The largest absolute Gasteiger partial charge is 0.354 e. The minimum atomic E-state index is -0.209. The van der Waals surface area contributed by atoms with Crippen LogP contribution in [0.25, 0.3) is 10.9 Å². The maximum absolute atomic E-state index is 12.7. The molecule has 2 aromatic carbocycles. The molecule has 1 aromatic heterocycles. The summed E-state index contributed by atoms with van der Waals surface area (Å²) in [6.07, 6.45) is 5.20. The Kier molecular flexibility index (Phi) is 7.85.